The molecular formula is C19H34O15. The molecular weight excluding hydrogens is 468 g/mol. The van der Waals surface area contributed by atoms with Crippen LogP contribution in [0.15, 0.2) is 0 Å². The van der Waals surface area contributed by atoms with Gasteiger partial charge in [-0.2, -0.15) is 0 Å². The molecule has 0 aromatic rings. The third kappa shape index (κ3) is 5.54. The van der Waals surface area contributed by atoms with Crippen LogP contribution in [0.4, 0.5) is 0 Å². The Kier molecular flexibility index (Phi) is 9.57. The molecule has 0 bridgehead atoms. The van der Waals surface area contributed by atoms with Gasteiger partial charge in [-0.05, 0) is 6.92 Å². The molecule has 0 aliphatic carbocycles. The van der Waals surface area contributed by atoms with Gasteiger partial charge in [-0.25, -0.2) is 0 Å². The van der Waals surface area contributed by atoms with Crippen LogP contribution in [-0.2, 0) is 28.4 Å². The molecule has 0 aromatic heterocycles. The second-order valence-electron chi connectivity index (χ2n) is 8.57. The Morgan fingerprint density at radius 2 is 1.21 bits per heavy atom. The first-order chi connectivity index (χ1) is 16.0. The highest BCUT2D eigenvalue weighted by Gasteiger charge is 2.51. The molecule has 15 nitrogen and oxygen atoms in total. The van der Waals surface area contributed by atoms with Gasteiger partial charge < -0.3 is 74.4 Å². The fraction of sp³-hybridized carbons (Fsp3) is 1.00. The number of ether oxygens (including phenoxy) is 6. The zero-order valence-electron chi connectivity index (χ0n) is 18.5. The first kappa shape index (κ1) is 28.0. The summed E-state index contributed by atoms with van der Waals surface area (Å²) < 4.78 is 32.2. The summed E-state index contributed by atoms with van der Waals surface area (Å²) in [7, 11) is 1.27. The standard InChI is InChI=1S/C19H34O15/c1-5-15(16(29-2)14(27)17(28)31-5)34-19-13(26)11(24)9(22)7(33-19)4-30-18-12(25)10(23)8(21)6(3-20)32-18/h5-28H,3-4H2,1-2H3/t5-,6+,7+,8+,9+,10-,11-,12+,13+,14-,15-,16-,17+,18+,19-/m0/s1. The molecule has 9 N–H and O–H groups in total. The average Bonchev–Trinajstić information content (AvgIpc) is 2.81. The van der Waals surface area contributed by atoms with E-state index < -0.39 is 105 Å². The van der Waals surface area contributed by atoms with E-state index in [1.54, 1.807) is 0 Å². The van der Waals surface area contributed by atoms with Crippen molar-refractivity contribution >= 4 is 0 Å². The molecule has 3 fully saturated rings. The summed E-state index contributed by atoms with van der Waals surface area (Å²) in [4.78, 5) is 0. The molecule has 34 heavy (non-hydrogen) atoms. The van der Waals surface area contributed by atoms with Crippen molar-refractivity contribution in [3.63, 3.8) is 0 Å². The van der Waals surface area contributed by atoms with Gasteiger partial charge in [-0.1, -0.05) is 0 Å². The van der Waals surface area contributed by atoms with E-state index in [-0.39, 0.29) is 0 Å². The lowest BCUT2D eigenvalue weighted by Gasteiger charge is -2.46. The number of aliphatic hydroxyl groups excluding tert-OH is 9. The SMILES string of the molecule is CO[C@H]1[C@H](O)[C@H](O)O[C@@H](C)[C@@H]1O[C@@H]1O[C@H](CO[C@@H]2O[C@H](CO)[C@@H](O)[C@H](O)[C@H]2O)[C@@H](O)[C@H](O)[C@H]1O. The van der Waals surface area contributed by atoms with Gasteiger partial charge in [0.15, 0.2) is 18.9 Å². The highest BCUT2D eigenvalue weighted by molar-refractivity contribution is 4.94. The molecule has 3 heterocycles. The highest BCUT2D eigenvalue weighted by Crippen LogP contribution is 2.30. The third-order valence-electron chi connectivity index (χ3n) is 6.27. The number of hydrogen-bond acceptors (Lipinski definition) is 15. The summed E-state index contributed by atoms with van der Waals surface area (Å²) in [6, 6.07) is 0. The number of methoxy groups -OCH3 is 1. The Hall–Kier alpha value is -0.600. The summed E-state index contributed by atoms with van der Waals surface area (Å²) in [5, 5.41) is 89.9. The maximum absolute atomic E-state index is 10.4. The lowest BCUT2D eigenvalue weighted by atomic mass is 9.97. The minimum atomic E-state index is -1.75. The van der Waals surface area contributed by atoms with Crippen LogP contribution in [0.5, 0.6) is 0 Å². The summed E-state index contributed by atoms with van der Waals surface area (Å²) >= 11 is 0. The Morgan fingerprint density at radius 3 is 1.79 bits per heavy atom. The van der Waals surface area contributed by atoms with Crippen LogP contribution in [0.25, 0.3) is 0 Å². The van der Waals surface area contributed by atoms with Crippen LogP contribution in [0.3, 0.4) is 0 Å². The van der Waals surface area contributed by atoms with Crippen molar-refractivity contribution in [2.75, 3.05) is 20.3 Å². The fourth-order valence-corrected chi connectivity index (χ4v) is 4.18. The summed E-state index contributed by atoms with van der Waals surface area (Å²) in [5.74, 6) is 0. The Bertz CT molecular complexity index is 639. The van der Waals surface area contributed by atoms with Gasteiger partial charge in [0, 0.05) is 7.11 Å². The molecule has 0 spiro atoms. The Labute approximate surface area is 194 Å². The summed E-state index contributed by atoms with van der Waals surface area (Å²) in [6.07, 6.45) is -21.7. The van der Waals surface area contributed by atoms with Crippen molar-refractivity contribution in [3.8, 4) is 0 Å². The van der Waals surface area contributed by atoms with Crippen LogP contribution in [0.1, 0.15) is 6.92 Å². The second-order valence-corrected chi connectivity index (χ2v) is 8.57. The number of hydrogen-bond donors (Lipinski definition) is 9. The summed E-state index contributed by atoms with van der Waals surface area (Å²) in [6.45, 7) is 0.322. The van der Waals surface area contributed by atoms with E-state index in [0.29, 0.717) is 0 Å². The molecule has 0 aromatic carbocycles. The number of aliphatic hydroxyl groups is 9. The molecule has 0 radical (unpaired) electrons. The lowest BCUT2D eigenvalue weighted by molar-refractivity contribution is -0.360. The van der Waals surface area contributed by atoms with Gasteiger partial charge in [0.2, 0.25) is 0 Å². The van der Waals surface area contributed by atoms with Crippen molar-refractivity contribution in [3.05, 3.63) is 0 Å². The average molecular weight is 502 g/mol. The molecule has 0 amide bonds. The van der Waals surface area contributed by atoms with E-state index in [1.807, 2.05) is 0 Å². The van der Waals surface area contributed by atoms with E-state index in [0.717, 1.165) is 0 Å². The quantitative estimate of drug-likeness (QED) is 0.157. The van der Waals surface area contributed by atoms with Crippen molar-refractivity contribution in [1.82, 2.24) is 0 Å². The van der Waals surface area contributed by atoms with E-state index >= 15 is 0 Å². The minimum Gasteiger partial charge on any atom is -0.394 e. The van der Waals surface area contributed by atoms with Crippen molar-refractivity contribution < 1.29 is 74.4 Å². The maximum Gasteiger partial charge on any atom is 0.187 e. The first-order valence-electron chi connectivity index (χ1n) is 10.8. The zero-order chi connectivity index (χ0) is 25.3. The predicted octanol–water partition coefficient (Wildman–Crippen LogP) is -5.89. The van der Waals surface area contributed by atoms with Gasteiger partial charge in [0.1, 0.15) is 67.1 Å². The topological polar surface area (TPSA) is 237 Å². The van der Waals surface area contributed by atoms with Crippen LogP contribution in [0, 0.1) is 0 Å². The molecule has 200 valence electrons. The lowest BCUT2D eigenvalue weighted by Crippen LogP contribution is -2.64. The summed E-state index contributed by atoms with van der Waals surface area (Å²) in [5.41, 5.74) is 0. The molecule has 0 saturated carbocycles. The molecule has 3 aliphatic rings. The van der Waals surface area contributed by atoms with Crippen molar-refractivity contribution in [2.24, 2.45) is 0 Å². The second kappa shape index (κ2) is 11.6. The normalized spacial score (nSPS) is 52.5. The Morgan fingerprint density at radius 1 is 0.647 bits per heavy atom. The van der Waals surface area contributed by atoms with E-state index in [2.05, 4.69) is 0 Å². The minimum absolute atomic E-state index is 0.529. The van der Waals surface area contributed by atoms with Gasteiger partial charge >= 0.3 is 0 Å². The zero-order valence-corrected chi connectivity index (χ0v) is 18.5. The van der Waals surface area contributed by atoms with Gasteiger partial charge in [0.05, 0.1) is 19.3 Å². The van der Waals surface area contributed by atoms with Crippen molar-refractivity contribution in [2.45, 2.75) is 99.0 Å². The fourth-order valence-electron chi connectivity index (χ4n) is 4.18. The van der Waals surface area contributed by atoms with E-state index in [1.165, 1.54) is 14.0 Å². The predicted molar refractivity (Wildman–Crippen MR) is 105 cm³/mol. The third-order valence-corrected chi connectivity index (χ3v) is 6.27. The molecule has 15 atom stereocenters. The molecule has 3 saturated heterocycles. The monoisotopic (exact) mass is 502 g/mol. The maximum atomic E-state index is 10.4. The van der Waals surface area contributed by atoms with Crippen LogP contribution in [0.2, 0.25) is 0 Å². The van der Waals surface area contributed by atoms with E-state index in [9.17, 15) is 46.0 Å². The molecule has 0 unspecified atom stereocenters. The molecule has 15 heteroatoms. The van der Waals surface area contributed by atoms with Gasteiger partial charge in [-0.3, -0.25) is 0 Å². The van der Waals surface area contributed by atoms with Crippen molar-refractivity contribution in [1.29, 1.82) is 0 Å². The van der Waals surface area contributed by atoms with Crippen LogP contribution < -0.4 is 0 Å². The van der Waals surface area contributed by atoms with Crippen LogP contribution in [-0.4, -0.2) is 158 Å². The van der Waals surface area contributed by atoms with Gasteiger partial charge in [0.25, 0.3) is 0 Å². The smallest absolute Gasteiger partial charge is 0.187 e. The first-order valence-corrected chi connectivity index (χ1v) is 10.8. The Balaban J connectivity index is 1.66. The highest BCUT2D eigenvalue weighted by atomic mass is 16.7. The number of rotatable bonds is 7. The van der Waals surface area contributed by atoms with Crippen LogP contribution >= 0.6 is 0 Å². The molecule has 3 rings (SSSR count). The molecule has 3 aliphatic heterocycles. The van der Waals surface area contributed by atoms with E-state index in [4.69, 9.17) is 28.4 Å². The largest absolute Gasteiger partial charge is 0.394 e. The van der Waals surface area contributed by atoms with Gasteiger partial charge in [-0.15, -0.1) is 0 Å².